The molecular formula is C27H38S2. The molecule has 0 saturated carbocycles. The summed E-state index contributed by atoms with van der Waals surface area (Å²) in [5, 5.41) is 0. The van der Waals surface area contributed by atoms with Gasteiger partial charge in [0.1, 0.15) is 0 Å². The van der Waals surface area contributed by atoms with Crippen molar-refractivity contribution < 1.29 is 0 Å². The molecular weight excluding hydrogens is 388 g/mol. The molecule has 1 atom stereocenters. The summed E-state index contributed by atoms with van der Waals surface area (Å²) in [7, 11) is 0. The number of benzene rings is 1. The zero-order valence-corrected chi connectivity index (χ0v) is 21.1. The van der Waals surface area contributed by atoms with E-state index in [4.69, 9.17) is 25.3 Å². The number of aryl methyl sites for hydroxylation is 1. The molecule has 0 aliphatic heterocycles. The molecule has 158 valence electrons. The van der Waals surface area contributed by atoms with Gasteiger partial charge in [0.05, 0.1) is 0 Å². The van der Waals surface area contributed by atoms with Crippen LogP contribution in [0.5, 0.6) is 0 Å². The largest absolute Gasteiger partial charge is 0.148 e. The van der Waals surface area contributed by atoms with Gasteiger partial charge in [-0.05, 0) is 102 Å². The second-order valence-electron chi connectivity index (χ2n) is 7.78. The normalized spacial score (nSPS) is 22.5. The smallest absolute Gasteiger partial charge is 0.0429 e. The van der Waals surface area contributed by atoms with E-state index in [1.807, 2.05) is 27.7 Å². The van der Waals surface area contributed by atoms with Gasteiger partial charge in [0, 0.05) is 10.3 Å². The highest BCUT2D eigenvalue weighted by Crippen LogP contribution is 2.56. The van der Waals surface area contributed by atoms with Crippen LogP contribution in [0, 0.1) is 0 Å². The van der Waals surface area contributed by atoms with Crippen LogP contribution in [0.2, 0.25) is 0 Å². The lowest BCUT2D eigenvalue weighted by Gasteiger charge is -2.33. The van der Waals surface area contributed by atoms with Crippen molar-refractivity contribution in [2.75, 3.05) is 0 Å². The summed E-state index contributed by atoms with van der Waals surface area (Å²) < 4.78 is 0. The molecule has 0 aromatic heterocycles. The molecule has 0 bridgehead atoms. The molecule has 0 fully saturated rings. The molecule has 1 aromatic rings. The summed E-state index contributed by atoms with van der Waals surface area (Å²) in [5.74, 6) is 0. The maximum absolute atomic E-state index is 4.72. The molecule has 0 heterocycles. The van der Waals surface area contributed by atoms with E-state index in [0.29, 0.717) is 0 Å². The van der Waals surface area contributed by atoms with Crippen LogP contribution < -0.4 is 0 Å². The molecule has 0 radical (unpaired) electrons. The lowest BCUT2D eigenvalue weighted by molar-refractivity contribution is 0.682. The van der Waals surface area contributed by atoms with E-state index in [0.717, 1.165) is 24.2 Å². The second kappa shape index (κ2) is 10.3. The van der Waals surface area contributed by atoms with Gasteiger partial charge in [-0.1, -0.05) is 52.3 Å². The third kappa shape index (κ3) is 4.49. The molecule has 1 aromatic carbocycles. The first-order chi connectivity index (χ1) is 13.9. The Bertz CT molecular complexity index is 834. The second-order valence-corrected chi connectivity index (χ2v) is 8.87. The van der Waals surface area contributed by atoms with Crippen LogP contribution in [-0.2, 0) is 11.8 Å². The Hall–Kier alpha value is -1.12. The number of rotatable bonds is 2. The lowest BCUT2D eigenvalue weighted by Crippen LogP contribution is -2.25. The van der Waals surface area contributed by atoms with Crippen LogP contribution in [0.3, 0.4) is 0 Å². The maximum Gasteiger partial charge on any atom is 0.0429 e. The molecule has 0 amide bonds. The van der Waals surface area contributed by atoms with Crippen molar-refractivity contribution in [2.45, 2.75) is 90.9 Å². The molecule has 4 rings (SSSR count). The van der Waals surface area contributed by atoms with E-state index >= 15 is 0 Å². The minimum atomic E-state index is -0.0800. The van der Waals surface area contributed by atoms with Crippen molar-refractivity contribution in [1.29, 1.82) is 0 Å². The number of allylic oxidation sites excluding steroid dienone is 8. The average Bonchev–Trinajstić information content (AvgIpc) is 2.99. The Morgan fingerprint density at radius 3 is 2.03 bits per heavy atom. The first-order valence-corrected chi connectivity index (χ1v) is 12.2. The summed E-state index contributed by atoms with van der Waals surface area (Å²) in [4.78, 5) is 2.28. The third-order valence-corrected chi connectivity index (χ3v) is 6.77. The fourth-order valence-corrected chi connectivity index (χ4v) is 5.26. The van der Waals surface area contributed by atoms with Crippen LogP contribution in [0.4, 0.5) is 0 Å². The maximum atomic E-state index is 4.72. The zero-order valence-electron chi connectivity index (χ0n) is 19.3. The number of fused-ring (bicyclic) bond motifs is 1. The van der Waals surface area contributed by atoms with Gasteiger partial charge in [0.25, 0.3) is 0 Å². The first-order valence-electron chi connectivity index (χ1n) is 11.3. The highest BCUT2D eigenvalue weighted by Gasteiger charge is 2.44. The standard InChI is InChI=1S/C23H26S2.2C2H6/c1-4-15-10-16(12-18(25)11-15)23(3)21-9-14(2)5-7-19(21)20-8-6-17(24)13-22(20)23;2*1-2/h9-13,24-25H,4-8H2,1-3H3;2*1-2H3. The summed E-state index contributed by atoms with van der Waals surface area (Å²) >= 11 is 9.42. The topological polar surface area (TPSA) is 0 Å². The fourth-order valence-electron chi connectivity index (χ4n) is 4.72. The van der Waals surface area contributed by atoms with Crippen molar-refractivity contribution in [2.24, 2.45) is 0 Å². The summed E-state index contributed by atoms with van der Waals surface area (Å²) in [6.07, 6.45) is 10.4. The monoisotopic (exact) mass is 426 g/mol. The fraction of sp³-hybridized carbons (Fsp3) is 0.481. The van der Waals surface area contributed by atoms with Gasteiger partial charge in [-0.25, -0.2) is 0 Å². The molecule has 0 spiro atoms. The number of hydrogen-bond donors (Lipinski definition) is 2. The van der Waals surface area contributed by atoms with E-state index in [9.17, 15) is 0 Å². The van der Waals surface area contributed by atoms with Gasteiger partial charge in [-0.15, -0.1) is 25.3 Å². The zero-order chi connectivity index (χ0) is 21.8. The third-order valence-electron chi connectivity index (χ3n) is 6.16. The molecule has 0 nitrogen and oxygen atoms in total. The van der Waals surface area contributed by atoms with Crippen LogP contribution in [0.25, 0.3) is 0 Å². The highest BCUT2D eigenvalue weighted by molar-refractivity contribution is 7.84. The molecule has 0 saturated heterocycles. The molecule has 2 heteroatoms. The minimum Gasteiger partial charge on any atom is -0.148 e. The van der Waals surface area contributed by atoms with E-state index in [1.54, 1.807) is 11.1 Å². The Morgan fingerprint density at radius 2 is 1.41 bits per heavy atom. The van der Waals surface area contributed by atoms with Crippen molar-refractivity contribution in [1.82, 2.24) is 0 Å². The Kier molecular flexibility index (Phi) is 8.55. The van der Waals surface area contributed by atoms with E-state index < -0.39 is 0 Å². The van der Waals surface area contributed by atoms with Gasteiger partial charge >= 0.3 is 0 Å². The summed E-state index contributed by atoms with van der Waals surface area (Å²) in [6, 6.07) is 6.85. The number of thiol groups is 2. The predicted molar refractivity (Wildman–Crippen MR) is 136 cm³/mol. The minimum absolute atomic E-state index is 0.0800. The van der Waals surface area contributed by atoms with Crippen molar-refractivity contribution in [3.8, 4) is 0 Å². The first kappa shape index (κ1) is 24.2. The van der Waals surface area contributed by atoms with Crippen LogP contribution in [0.1, 0.15) is 85.3 Å². The quantitative estimate of drug-likeness (QED) is 0.434. The summed E-state index contributed by atoms with van der Waals surface area (Å²) in [5.41, 5.74) is 10.3. The number of hydrogen-bond acceptors (Lipinski definition) is 2. The summed E-state index contributed by atoms with van der Waals surface area (Å²) in [6.45, 7) is 14.9. The Balaban J connectivity index is 0.000000707. The van der Waals surface area contributed by atoms with E-state index in [-0.39, 0.29) is 5.41 Å². The van der Waals surface area contributed by atoms with Gasteiger partial charge in [0.15, 0.2) is 0 Å². The average molecular weight is 427 g/mol. The molecule has 29 heavy (non-hydrogen) atoms. The SMILES string of the molecule is CC.CC.CCc1cc(S)cc(C2(C)C3=C(CCC(C)=C3)C3=C2C=C(S)CC3)c1. The Morgan fingerprint density at radius 1 is 0.828 bits per heavy atom. The van der Waals surface area contributed by atoms with Crippen LogP contribution in [0.15, 0.2) is 68.0 Å². The van der Waals surface area contributed by atoms with Crippen molar-refractivity contribution >= 4 is 25.3 Å². The molecule has 3 aliphatic rings. The lowest BCUT2D eigenvalue weighted by atomic mass is 9.70. The van der Waals surface area contributed by atoms with Gasteiger partial charge in [0.2, 0.25) is 0 Å². The highest BCUT2D eigenvalue weighted by atomic mass is 32.1. The van der Waals surface area contributed by atoms with Gasteiger partial charge in [-0.2, -0.15) is 0 Å². The van der Waals surface area contributed by atoms with Crippen molar-refractivity contribution in [3.05, 3.63) is 74.2 Å². The molecule has 0 N–H and O–H groups in total. The van der Waals surface area contributed by atoms with Gasteiger partial charge < -0.3 is 0 Å². The van der Waals surface area contributed by atoms with Crippen molar-refractivity contribution in [3.63, 3.8) is 0 Å². The van der Waals surface area contributed by atoms with E-state index in [2.05, 4.69) is 51.1 Å². The molecule has 3 aliphatic carbocycles. The van der Waals surface area contributed by atoms with Crippen LogP contribution >= 0.6 is 25.3 Å². The van der Waals surface area contributed by atoms with E-state index in [1.165, 1.54) is 45.6 Å². The predicted octanol–water partition coefficient (Wildman–Crippen LogP) is 8.80. The van der Waals surface area contributed by atoms with Crippen LogP contribution in [-0.4, -0.2) is 0 Å². The Labute approximate surface area is 190 Å². The molecule has 1 unspecified atom stereocenters. The van der Waals surface area contributed by atoms with Gasteiger partial charge in [-0.3, -0.25) is 0 Å².